The number of hydrogen-bond donors (Lipinski definition) is 1. The van der Waals surface area contributed by atoms with E-state index in [1.54, 1.807) is 29.8 Å². The topological polar surface area (TPSA) is 74.0 Å². The maximum Gasteiger partial charge on any atom is 0.251 e. The number of nitrogens with one attached hydrogen (secondary N) is 1. The van der Waals surface area contributed by atoms with E-state index >= 15 is 0 Å². The van der Waals surface area contributed by atoms with Crippen LogP contribution in [0.5, 0.6) is 5.75 Å². The maximum absolute atomic E-state index is 14.4. The molecule has 7 nitrogen and oxygen atoms in total. The lowest BCUT2D eigenvalue weighted by Crippen LogP contribution is -2.28. The van der Waals surface area contributed by atoms with Gasteiger partial charge in [-0.25, -0.2) is 23.1 Å². The molecule has 0 aliphatic rings. The molecule has 5 rings (SSSR count). The van der Waals surface area contributed by atoms with Gasteiger partial charge in [0.2, 0.25) is 0 Å². The Morgan fingerprint density at radius 2 is 1.62 bits per heavy atom. The summed E-state index contributed by atoms with van der Waals surface area (Å²) in [7, 11) is 3.52. The molecule has 0 aliphatic heterocycles. The normalized spacial score (nSPS) is 12.3. The summed E-state index contributed by atoms with van der Waals surface area (Å²) in [4.78, 5) is 21.9. The smallest absolute Gasteiger partial charge is 0.251 e. The molecule has 5 aromatic rings. The number of aromatic nitrogens is 4. The molecule has 0 saturated carbocycles. The number of rotatable bonds is 7. The summed E-state index contributed by atoms with van der Waals surface area (Å²) >= 11 is 0. The minimum absolute atomic E-state index is 0.226. The summed E-state index contributed by atoms with van der Waals surface area (Å²) in [6.45, 7) is 2.40. The Kier molecular flexibility index (Phi) is 6.32. The molecule has 0 fully saturated rings. The largest absolute Gasteiger partial charge is 0.492 e. The lowest BCUT2D eigenvalue weighted by molar-refractivity contribution is 0.0947. The van der Waals surface area contributed by atoms with Crippen molar-refractivity contribution in [3.63, 3.8) is 0 Å². The molecule has 0 aliphatic carbocycles. The van der Waals surface area contributed by atoms with Gasteiger partial charge in [0, 0.05) is 31.8 Å². The summed E-state index contributed by atoms with van der Waals surface area (Å²) in [6.07, 6.45) is 0. The van der Waals surface area contributed by atoms with Gasteiger partial charge in [0.1, 0.15) is 41.2 Å². The number of carbonyl (C=O) groups is 1. The van der Waals surface area contributed by atoms with E-state index in [2.05, 4.69) is 10.3 Å². The van der Waals surface area contributed by atoms with Crippen LogP contribution in [-0.2, 0) is 14.1 Å². The van der Waals surface area contributed by atoms with E-state index in [1.807, 2.05) is 18.5 Å². The third-order valence-corrected chi connectivity index (χ3v) is 6.34. The number of halogens is 3. The highest BCUT2D eigenvalue weighted by atomic mass is 19.1. The summed E-state index contributed by atoms with van der Waals surface area (Å²) in [5, 5.41) is 2.81. The molecule has 3 aromatic carbocycles. The first-order valence-electron chi connectivity index (χ1n) is 11.7. The number of benzene rings is 3. The van der Waals surface area contributed by atoms with Crippen LogP contribution in [0.3, 0.4) is 0 Å². The molecule has 190 valence electrons. The van der Waals surface area contributed by atoms with Crippen LogP contribution < -0.4 is 10.1 Å². The Morgan fingerprint density at radius 1 is 0.919 bits per heavy atom. The van der Waals surface area contributed by atoms with E-state index < -0.39 is 11.6 Å². The fourth-order valence-electron chi connectivity index (χ4n) is 4.49. The van der Waals surface area contributed by atoms with Crippen molar-refractivity contribution >= 4 is 28.0 Å². The van der Waals surface area contributed by atoms with Gasteiger partial charge in [-0.3, -0.25) is 4.79 Å². The molecule has 1 unspecified atom stereocenters. The molecule has 1 N–H and O–H groups in total. The van der Waals surface area contributed by atoms with Gasteiger partial charge in [-0.15, -0.1) is 0 Å². The van der Waals surface area contributed by atoms with Crippen LogP contribution in [0, 0.1) is 17.5 Å². The van der Waals surface area contributed by atoms with Gasteiger partial charge >= 0.3 is 0 Å². The molecule has 37 heavy (non-hydrogen) atoms. The van der Waals surface area contributed by atoms with Crippen LogP contribution in [0.2, 0.25) is 0 Å². The number of aryl methyl sites for hydroxylation is 2. The van der Waals surface area contributed by atoms with E-state index in [-0.39, 0.29) is 41.8 Å². The van der Waals surface area contributed by atoms with Crippen molar-refractivity contribution in [1.29, 1.82) is 0 Å². The lowest BCUT2D eigenvalue weighted by Gasteiger charge is -2.12. The van der Waals surface area contributed by atoms with E-state index in [1.165, 1.54) is 30.3 Å². The number of fused-ring (bicyclic) bond motifs is 2. The van der Waals surface area contributed by atoms with Gasteiger partial charge < -0.3 is 19.2 Å². The summed E-state index contributed by atoms with van der Waals surface area (Å²) in [5.41, 5.74) is 2.36. The highest BCUT2D eigenvalue weighted by Crippen LogP contribution is 2.30. The molecule has 0 saturated heterocycles. The number of nitrogens with zero attached hydrogens (tertiary/aromatic N) is 4. The first-order valence-corrected chi connectivity index (χ1v) is 11.7. The van der Waals surface area contributed by atoms with Crippen LogP contribution >= 0.6 is 0 Å². The Hall–Kier alpha value is -4.34. The second kappa shape index (κ2) is 9.61. The van der Waals surface area contributed by atoms with Crippen LogP contribution in [0.1, 0.15) is 34.8 Å². The first-order chi connectivity index (χ1) is 17.7. The number of hydrogen-bond acceptors (Lipinski definition) is 4. The number of carbonyl (C=O) groups excluding carboxylic acids is 1. The van der Waals surface area contributed by atoms with Crippen molar-refractivity contribution < 1.29 is 22.7 Å². The summed E-state index contributed by atoms with van der Waals surface area (Å²) in [5.74, 6) is -0.587. The summed E-state index contributed by atoms with van der Waals surface area (Å²) < 4.78 is 50.0. The highest BCUT2D eigenvalue weighted by Gasteiger charge is 2.23. The fraction of sp³-hybridized carbons (Fsp3) is 0.222. The summed E-state index contributed by atoms with van der Waals surface area (Å²) in [6, 6.07) is 12.9. The van der Waals surface area contributed by atoms with Crippen LogP contribution in [0.4, 0.5) is 13.2 Å². The quantitative estimate of drug-likeness (QED) is 0.320. The van der Waals surface area contributed by atoms with E-state index in [9.17, 15) is 18.0 Å². The zero-order valence-corrected chi connectivity index (χ0v) is 20.4. The highest BCUT2D eigenvalue weighted by molar-refractivity contribution is 5.97. The zero-order valence-electron chi connectivity index (χ0n) is 20.4. The molecular formula is C27H24F3N5O2. The second-order valence-corrected chi connectivity index (χ2v) is 8.80. The van der Waals surface area contributed by atoms with Gasteiger partial charge in [0.15, 0.2) is 5.82 Å². The van der Waals surface area contributed by atoms with Crippen molar-refractivity contribution in [3.05, 3.63) is 89.3 Å². The van der Waals surface area contributed by atoms with Crippen molar-refractivity contribution in [1.82, 2.24) is 24.4 Å². The molecular weight excluding hydrogens is 483 g/mol. The van der Waals surface area contributed by atoms with Crippen LogP contribution in [0.25, 0.3) is 22.1 Å². The lowest BCUT2D eigenvalue weighted by atomic mass is 10.1. The van der Waals surface area contributed by atoms with Crippen molar-refractivity contribution in [2.24, 2.45) is 14.1 Å². The molecule has 2 heterocycles. The molecule has 0 spiro atoms. The Balaban J connectivity index is 1.33. The number of imidazole rings is 2. The third-order valence-electron chi connectivity index (χ3n) is 6.34. The molecule has 10 heteroatoms. The average Bonchev–Trinajstić information content (AvgIpc) is 3.38. The second-order valence-electron chi connectivity index (χ2n) is 8.80. The molecule has 0 radical (unpaired) electrons. The fourth-order valence-corrected chi connectivity index (χ4v) is 4.49. The van der Waals surface area contributed by atoms with Crippen LogP contribution in [-0.4, -0.2) is 38.2 Å². The third kappa shape index (κ3) is 4.62. The SMILES string of the molecule is CC(c1nc2ccc(C(=O)NCCOc3ccc(F)cc3)cc2n1C)c1nc2cc(F)cc(F)c2n1C. The van der Waals surface area contributed by atoms with Gasteiger partial charge in [0.05, 0.1) is 29.0 Å². The van der Waals surface area contributed by atoms with Gasteiger partial charge in [-0.05, 0) is 49.4 Å². The van der Waals surface area contributed by atoms with Gasteiger partial charge in [0.25, 0.3) is 5.91 Å². The molecule has 0 bridgehead atoms. The van der Waals surface area contributed by atoms with E-state index in [4.69, 9.17) is 9.72 Å². The van der Waals surface area contributed by atoms with Crippen molar-refractivity contribution in [2.75, 3.05) is 13.2 Å². The molecule has 2 aromatic heterocycles. The monoisotopic (exact) mass is 507 g/mol. The first kappa shape index (κ1) is 24.4. The Bertz CT molecular complexity index is 1630. The predicted molar refractivity (Wildman–Crippen MR) is 133 cm³/mol. The van der Waals surface area contributed by atoms with Crippen LogP contribution in [0.15, 0.2) is 54.6 Å². The Morgan fingerprint density at radius 3 is 2.38 bits per heavy atom. The average molecular weight is 508 g/mol. The number of amides is 1. The van der Waals surface area contributed by atoms with Gasteiger partial charge in [-0.1, -0.05) is 0 Å². The molecule has 1 atom stereocenters. The van der Waals surface area contributed by atoms with Crippen molar-refractivity contribution in [2.45, 2.75) is 12.8 Å². The van der Waals surface area contributed by atoms with E-state index in [0.717, 1.165) is 11.6 Å². The number of ether oxygens (including phenoxy) is 1. The minimum Gasteiger partial charge on any atom is -0.492 e. The predicted octanol–water partition coefficient (Wildman–Crippen LogP) is 4.84. The Labute approximate surface area is 210 Å². The maximum atomic E-state index is 14.4. The van der Waals surface area contributed by atoms with Crippen molar-refractivity contribution in [3.8, 4) is 5.75 Å². The molecule has 1 amide bonds. The van der Waals surface area contributed by atoms with Gasteiger partial charge in [-0.2, -0.15) is 0 Å². The standard InChI is InChI=1S/C27H24F3N5O2/c1-15(26-33-22-14-18(29)13-20(30)24(22)35(26)3)25-32-21-9-4-16(12-23(21)34(25)2)27(36)31-10-11-37-19-7-5-17(28)6-8-19/h4-9,12-15H,10-11H2,1-3H3,(H,31,36). The zero-order chi connectivity index (χ0) is 26.3. The van der Waals surface area contributed by atoms with E-state index in [0.29, 0.717) is 28.5 Å². The minimum atomic E-state index is -0.683.